The van der Waals surface area contributed by atoms with Gasteiger partial charge < -0.3 is 19.3 Å². The molecule has 0 saturated carbocycles. The van der Waals surface area contributed by atoms with Gasteiger partial charge in [-0.2, -0.15) is 9.97 Å². The Balaban J connectivity index is 0.00000289. The summed E-state index contributed by atoms with van der Waals surface area (Å²) >= 11 is 0. The van der Waals surface area contributed by atoms with Crippen molar-refractivity contribution in [3.8, 4) is 23.5 Å². The number of para-hydroxylation sites is 2. The molecule has 0 unspecified atom stereocenters. The molecule has 0 saturated heterocycles. The van der Waals surface area contributed by atoms with Crippen LogP contribution in [0.3, 0.4) is 0 Å². The molecule has 4 aromatic rings. The van der Waals surface area contributed by atoms with Gasteiger partial charge in [0.25, 0.3) is 0 Å². The molecule has 11 heteroatoms. The summed E-state index contributed by atoms with van der Waals surface area (Å²) in [7, 11) is -4.53. The maximum atomic E-state index is 11.1. The molecule has 3 aromatic carbocycles. The molecule has 9 nitrogen and oxygen atoms in total. The van der Waals surface area contributed by atoms with Crippen molar-refractivity contribution in [3.63, 3.8) is 0 Å². The van der Waals surface area contributed by atoms with Crippen LogP contribution >= 0.6 is 0 Å². The van der Waals surface area contributed by atoms with Gasteiger partial charge in [-0.25, -0.2) is 8.42 Å². The fraction of sp³-hybridized carbons (Fsp3) is 0. The number of aromatic nitrogens is 3. The Morgan fingerprint density at radius 2 is 1.16 bits per heavy atom. The zero-order chi connectivity index (χ0) is 21.7. The fourth-order valence-corrected chi connectivity index (χ4v) is 2.98. The third-order valence-corrected chi connectivity index (χ3v) is 4.75. The van der Waals surface area contributed by atoms with Crippen molar-refractivity contribution in [2.75, 3.05) is 5.32 Å². The van der Waals surface area contributed by atoms with Crippen molar-refractivity contribution in [2.24, 2.45) is 0 Å². The smallest absolute Gasteiger partial charge is 0.744 e. The van der Waals surface area contributed by atoms with Crippen molar-refractivity contribution in [1.82, 2.24) is 15.0 Å². The van der Waals surface area contributed by atoms with Gasteiger partial charge in [-0.05, 0) is 48.5 Å². The first-order valence-electron chi connectivity index (χ1n) is 9.00. The molecule has 0 atom stereocenters. The third kappa shape index (κ3) is 6.49. The van der Waals surface area contributed by atoms with Gasteiger partial charge in [0.05, 0.1) is 4.90 Å². The molecule has 4 rings (SSSR count). The molecule has 0 aliphatic heterocycles. The first-order chi connectivity index (χ1) is 15.0. The molecule has 1 aromatic heterocycles. The van der Waals surface area contributed by atoms with Crippen molar-refractivity contribution >= 4 is 21.8 Å². The molecular formula is C21H15N4NaO5S. The van der Waals surface area contributed by atoms with Crippen molar-refractivity contribution in [2.45, 2.75) is 4.90 Å². The minimum atomic E-state index is -4.53. The molecule has 32 heavy (non-hydrogen) atoms. The normalized spacial score (nSPS) is 10.7. The summed E-state index contributed by atoms with van der Waals surface area (Å²) in [6.45, 7) is 0. The molecule has 156 valence electrons. The van der Waals surface area contributed by atoms with E-state index in [4.69, 9.17) is 9.47 Å². The zero-order valence-electron chi connectivity index (χ0n) is 16.9. The second kappa shape index (κ2) is 10.5. The number of hydrogen-bond acceptors (Lipinski definition) is 9. The Bertz CT molecular complexity index is 1220. The molecule has 0 aliphatic carbocycles. The van der Waals surface area contributed by atoms with Gasteiger partial charge in [-0.15, -0.1) is 4.98 Å². The van der Waals surface area contributed by atoms with E-state index >= 15 is 0 Å². The largest absolute Gasteiger partial charge is 1.00 e. The molecule has 0 bridgehead atoms. The van der Waals surface area contributed by atoms with E-state index in [1.54, 1.807) is 24.3 Å². The summed E-state index contributed by atoms with van der Waals surface area (Å²) in [5, 5.41) is 2.92. The number of hydrogen-bond donors (Lipinski definition) is 1. The van der Waals surface area contributed by atoms with E-state index in [0.717, 1.165) is 0 Å². The predicted octanol–water partition coefficient (Wildman–Crippen LogP) is 1.11. The number of benzene rings is 3. The predicted molar refractivity (Wildman–Crippen MR) is 111 cm³/mol. The molecule has 1 N–H and O–H groups in total. The first-order valence-corrected chi connectivity index (χ1v) is 10.4. The van der Waals surface area contributed by atoms with Crippen LogP contribution in [-0.2, 0) is 10.1 Å². The van der Waals surface area contributed by atoms with Gasteiger partial charge in [0.1, 0.15) is 21.6 Å². The summed E-state index contributed by atoms with van der Waals surface area (Å²) in [6, 6.07) is 23.1. The number of nitrogens with zero attached hydrogens (tertiary/aromatic N) is 3. The Morgan fingerprint density at radius 3 is 1.59 bits per heavy atom. The van der Waals surface area contributed by atoms with E-state index in [0.29, 0.717) is 17.2 Å². The van der Waals surface area contributed by atoms with Crippen LogP contribution in [0.4, 0.5) is 11.6 Å². The molecule has 0 aliphatic rings. The summed E-state index contributed by atoms with van der Waals surface area (Å²) in [4.78, 5) is 12.3. The van der Waals surface area contributed by atoms with Gasteiger partial charge in [0, 0.05) is 5.69 Å². The Kier molecular flexibility index (Phi) is 7.78. The van der Waals surface area contributed by atoms with Crippen LogP contribution in [0.15, 0.2) is 89.8 Å². The molecule has 0 radical (unpaired) electrons. The third-order valence-electron chi connectivity index (χ3n) is 3.90. The number of ether oxygens (including phenoxy) is 2. The van der Waals surface area contributed by atoms with E-state index in [1.165, 1.54) is 24.3 Å². The summed E-state index contributed by atoms with van der Waals surface area (Å²) in [5.74, 6) is 1.15. The van der Waals surface area contributed by atoms with Gasteiger partial charge in [-0.3, -0.25) is 0 Å². The topological polar surface area (TPSA) is 126 Å². The maximum absolute atomic E-state index is 11.1. The second-order valence-corrected chi connectivity index (χ2v) is 7.54. The monoisotopic (exact) mass is 458 g/mol. The number of nitrogens with one attached hydrogen (secondary N) is 1. The number of anilines is 2. The molecule has 0 amide bonds. The minimum Gasteiger partial charge on any atom is -0.744 e. The van der Waals surface area contributed by atoms with E-state index in [1.807, 2.05) is 36.4 Å². The molecule has 0 fully saturated rings. The molecular weight excluding hydrogens is 443 g/mol. The van der Waals surface area contributed by atoms with E-state index in [2.05, 4.69) is 20.3 Å². The van der Waals surface area contributed by atoms with Gasteiger partial charge in [0.2, 0.25) is 5.95 Å². The Hall–Kier alpha value is -3.02. The van der Waals surface area contributed by atoms with Crippen LogP contribution in [0, 0.1) is 0 Å². The summed E-state index contributed by atoms with van der Waals surface area (Å²) < 4.78 is 44.7. The molecule has 0 spiro atoms. The van der Waals surface area contributed by atoms with E-state index in [-0.39, 0.29) is 52.4 Å². The van der Waals surface area contributed by atoms with Crippen LogP contribution in [0.2, 0.25) is 0 Å². The van der Waals surface area contributed by atoms with E-state index in [9.17, 15) is 13.0 Å². The summed E-state index contributed by atoms with van der Waals surface area (Å²) in [5.41, 5.74) is 0.454. The SMILES string of the molecule is O=S(=O)([O-])c1ccc(Nc2nc(Oc3ccccc3)nc(Oc3ccccc3)n2)cc1.[Na+]. The minimum absolute atomic E-state index is 0. The van der Waals surface area contributed by atoms with Crippen LogP contribution in [0.1, 0.15) is 0 Å². The average Bonchev–Trinajstić information content (AvgIpc) is 2.75. The van der Waals surface area contributed by atoms with Crippen LogP contribution in [-0.4, -0.2) is 27.9 Å². The first kappa shape index (κ1) is 23.6. The Labute approximate surface area is 206 Å². The fourth-order valence-electron chi connectivity index (χ4n) is 2.51. The van der Waals surface area contributed by atoms with Crippen molar-refractivity contribution in [3.05, 3.63) is 84.9 Å². The van der Waals surface area contributed by atoms with Crippen LogP contribution < -0.4 is 44.3 Å². The van der Waals surface area contributed by atoms with Gasteiger partial charge in [-0.1, -0.05) is 36.4 Å². The average molecular weight is 458 g/mol. The van der Waals surface area contributed by atoms with E-state index < -0.39 is 10.1 Å². The Morgan fingerprint density at radius 1 is 0.688 bits per heavy atom. The van der Waals surface area contributed by atoms with Crippen LogP contribution in [0.25, 0.3) is 0 Å². The quantitative estimate of drug-likeness (QED) is 0.320. The number of rotatable bonds is 7. The second-order valence-electron chi connectivity index (χ2n) is 6.16. The van der Waals surface area contributed by atoms with Gasteiger partial charge >= 0.3 is 41.6 Å². The van der Waals surface area contributed by atoms with Crippen molar-refractivity contribution < 1.29 is 52.0 Å². The standard InChI is InChI=1S/C21H16N4O5S.Na/c26-31(27,28)18-13-11-15(12-14-18)22-19-23-20(29-16-7-3-1-4-8-16)25-21(24-19)30-17-9-5-2-6-10-17;/h1-14H,(H,26,27,28)(H,22,23,24,25);/q;+1/p-1. The summed E-state index contributed by atoms with van der Waals surface area (Å²) in [6.07, 6.45) is 0. The zero-order valence-corrected chi connectivity index (χ0v) is 19.7. The van der Waals surface area contributed by atoms with Gasteiger partial charge in [0.15, 0.2) is 0 Å². The maximum Gasteiger partial charge on any atom is 1.00 e. The molecule has 1 heterocycles. The van der Waals surface area contributed by atoms with Crippen molar-refractivity contribution in [1.29, 1.82) is 0 Å². The van der Waals surface area contributed by atoms with Crippen LogP contribution in [0.5, 0.6) is 23.5 Å².